The third-order valence-corrected chi connectivity index (χ3v) is 1.78. The lowest BCUT2D eigenvalue weighted by Gasteiger charge is -2.06. The lowest BCUT2D eigenvalue weighted by atomic mass is 10.1. The standard InChI is InChI=1S/C9H8ClNO/c1-6-3-8(10)4-7(5-11)9(6)12-2/h3-4H,1-2H3. The first-order chi connectivity index (χ1) is 5.69. The van der Waals surface area contributed by atoms with Gasteiger partial charge >= 0.3 is 0 Å². The summed E-state index contributed by atoms with van der Waals surface area (Å²) in [7, 11) is 1.54. The van der Waals surface area contributed by atoms with E-state index in [1.165, 1.54) is 7.11 Å². The topological polar surface area (TPSA) is 33.0 Å². The molecule has 0 N–H and O–H groups in total. The van der Waals surface area contributed by atoms with Gasteiger partial charge in [-0.15, -0.1) is 0 Å². The highest BCUT2D eigenvalue weighted by Crippen LogP contribution is 2.26. The Hall–Kier alpha value is -1.20. The second-order valence-electron chi connectivity index (χ2n) is 2.42. The molecule has 0 unspecified atom stereocenters. The van der Waals surface area contributed by atoms with Gasteiger partial charge in [-0.3, -0.25) is 0 Å². The Balaban J connectivity index is 3.36. The van der Waals surface area contributed by atoms with E-state index in [0.29, 0.717) is 16.3 Å². The Bertz CT molecular complexity index is 341. The van der Waals surface area contributed by atoms with Crippen molar-refractivity contribution in [3.05, 3.63) is 28.3 Å². The van der Waals surface area contributed by atoms with E-state index in [2.05, 4.69) is 0 Å². The van der Waals surface area contributed by atoms with Crippen molar-refractivity contribution in [2.24, 2.45) is 0 Å². The zero-order valence-corrected chi connectivity index (χ0v) is 7.64. The van der Waals surface area contributed by atoms with Crippen molar-refractivity contribution in [3.8, 4) is 11.8 Å². The number of methoxy groups -OCH3 is 1. The number of hydrogen-bond acceptors (Lipinski definition) is 2. The maximum absolute atomic E-state index is 8.71. The molecule has 0 saturated heterocycles. The average Bonchev–Trinajstić information content (AvgIpc) is 2.03. The summed E-state index contributed by atoms with van der Waals surface area (Å²) in [6.07, 6.45) is 0. The van der Waals surface area contributed by atoms with Gasteiger partial charge in [0.05, 0.1) is 12.7 Å². The second kappa shape index (κ2) is 3.46. The zero-order valence-electron chi connectivity index (χ0n) is 6.89. The molecule has 1 aromatic rings. The van der Waals surface area contributed by atoms with Crippen molar-refractivity contribution in [2.45, 2.75) is 6.92 Å². The van der Waals surface area contributed by atoms with Crippen LogP contribution in [-0.4, -0.2) is 7.11 Å². The van der Waals surface area contributed by atoms with Gasteiger partial charge in [-0.2, -0.15) is 5.26 Å². The molecule has 0 aliphatic carbocycles. The molecule has 0 heterocycles. The number of nitrogens with zero attached hydrogens (tertiary/aromatic N) is 1. The van der Waals surface area contributed by atoms with E-state index >= 15 is 0 Å². The van der Waals surface area contributed by atoms with E-state index in [1.54, 1.807) is 12.1 Å². The molecule has 0 saturated carbocycles. The minimum absolute atomic E-state index is 0.475. The summed E-state index contributed by atoms with van der Waals surface area (Å²) in [6.45, 7) is 1.85. The van der Waals surface area contributed by atoms with Crippen molar-refractivity contribution in [1.82, 2.24) is 0 Å². The third-order valence-electron chi connectivity index (χ3n) is 1.56. The Morgan fingerprint density at radius 2 is 2.17 bits per heavy atom. The summed E-state index contributed by atoms with van der Waals surface area (Å²) in [5.41, 5.74) is 1.35. The van der Waals surface area contributed by atoms with E-state index in [9.17, 15) is 0 Å². The lowest BCUT2D eigenvalue weighted by molar-refractivity contribution is 0.410. The molecule has 0 aromatic heterocycles. The molecule has 1 aromatic carbocycles. The molecule has 0 radical (unpaired) electrons. The van der Waals surface area contributed by atoms with Gasteiger partial charge in [-0.25, -0.2) is 0 Å². The van der Waals surface area contributed by atoms with Crippen LogP contribution < -0.4 is 4.74 Å². The highest BCUT2D eigenvalue weighted by atomic mass is 35.5. The zero-order chi connectivity index (χ0) is 9.14. The second-order valence-corrected chi connectivity index (χ2v) is 2.85. The molecule has 0 spiro atoms. The van der Waals surface area contributed by atoms with Crippen LogP contribution in [-0.2, 0) is 0 Å². The summed E-state index contributed by atoms with van der Waals surface area (Å²) in [5.74, 6) is 0.599. The molecule has 0 amide bonds. The Morgan fingerprint density at radius 3 is 2.67 bits per heavy atom. The number of nitriles is 1. The van der Waals surface area contributed by atoms with Crippen molar-refractivity contribution >= 4 is 11.6 Å². The van der Waals surface area contributed by atoms with Crippen LogP contribution in [0, 0.1) is 18.3 Å². The molecule has 12 heavy (non-hydrogen) atoms. The van der Waals surface area contributed by atoms with Gasteiger partial charge in [-0.1, -0.05) is 11.6 Å². The summed E-state index contributed by atoms with van der Waals surface area (Å²) < 4.78 is 5.04. The van der Waals surface area contributed by atoms with Crippen molar-refractivity contribution in [1.29, 1.82) is 5.26 Å². The van der Waals surface area contributed by atoms with Crippen LogP contribution in [0.2, 0.25) is 5.02 Å². The van der Waals surface area contributed by atoms with Crippen molar-refractivity contribution in [3.63, 3.8) is 0 Å². The third kappa shape index (κ3) is 1.51. The predicted octanol–water partition coefficient (Wildman–Crippen LogP) is 2.53. The molecule has 0 aliphatic heterocycles. The molecule has 0 fully saturated rings. The quantitative estimate of drug-likeness (QED) is 0.667. The minimum atomic E-state index is 0.475. The highest BCUT2D eigenvalue weighted by molar-refractivity contribution is 6.30. The molecular formula is C9H8ClNO. The number of hydrogen-bond donors (Lipinski definition) is 0. The van der Waals surface area contributed by atoms with Gasteiger partial charge in [0.2, 0.25) is 0 Å². The Labute approximate surface area is 76.3 Å². The van der Waals surface area contributed by atoms with E-state index in [1.807, 2.05) is 13.0 Å². The van der Waals surface area contributed by atoms with Crippen LogP contribution in [0.15, 0.2) is 12.1 Å². The van der Waals surface area contributed by atoms with Crippen LogP contribution in [0.1, 0.15) is 11.1 Å². The van der Waals surface area contributed by atoms with Crippen LogP contribution in [0.4, 0.5) is 0 Å². The van der Waals surface area contributed by atoms with E-state index in [4.69, 9.17) is 21.6 Å². The molecule has 2 nitrogen and oxygen atoms in total. The van der Waals surface area contributed by atoms with Gasteiger partial charge in [-0.05, 0) is 24.6 Å². The molecule has 0 atom stereocenters. The number of aryl methyl sites for hydroxylation is 1. The number of ether oxygens (including phenoxy) is 1. The smallest absolute Gasteiger partial charge is 0.139 e. The fourth-order valence-electron chi connectivity index (χ4n) is 1.08. The van der Waals surface area contributed by atoms with Gasteiger partial charge in [0.15, 0.2) is 0 Å². The minimum Gasteiger partial charge on any atom is -0.495 e. The van der Waals surface area contributed by atoms with Gasteiger partial charge < -0.3 is 4.74 Å². The molecule has 3 heteroatoms. The fourth-order valence-corrected chi connectivity index (χ4v) is 1.36. The number of halogens is 1. The number of benzene rings is 1. The first-order valence-electron chi connectivity index (χ1n) is 3.43. The Kier molecular flexibility index (Phi) is 2.57. The van der Waals surface area contributed by atoms with E-state index in [0.717, 1.165) is 5.56 Å². The van der Waals surface area contributed by atoms with Gasteiger partial charge in [0.1, 0.15) is 11.8 Å². The monoisotopic (exact) mass is 181 g/mol. The molecule has 0 bridgehead atoms. The average molecular weight is 182 g/mol. The van der Waals surface area contributed by atoms with Crippen LogP contribution >= 0.6 is 11.6 Å². The molecular weight excluding hydrogens is 174 g/mol. The highest BCUT2D eigenvalue weighted by Gasteiger charge is 2.06. The van der Waals surface area contributed by atoms with Crippen molar-refractivity contribution < 1.29 is 4.74 Å². The maximum Gasteiger partial charge on any atom is 0.139 e. The van der Waals surface area contributed by atoms with Crippen molar-refractivity contribution in [2.75, 3.05) is 7.11 Å². The molecule has 1 rings (SSSR count). The summed E-state index contributed by atoms with van der Waals surface area (Å²) in [5, 5.41) is 9.27. The summed E-state index contributed by atoms with van der Waals surface area (Å²) >= 11 is 5.75. The summed E-state index contributed by atoms with van der Waals surface area (Å²) in [4.78, 5) is 0. The Morgan fingerprint density at radius 1 is 1.50 bits per heavy atom. The predicted molar refractivity (Wildman–Crippen MR) is 47.5 cm³/mol. The first kappa shape index (κ1) is 8.89. The summed E-state index contributed by atoms with van der Waals surface area (Å²) in [6, 6.07) is 5.37. The number of rotatable bonds is 1. The normalized spacial score (nSPS) is 9.17. The molecule has 0 aliphatic rings. The SMILES string of the molecule is COc1c(C)cc(Cl)cc1C#N. The first-order valence-corrected chi connectivity index (χ1v) is 3.81. The van der Waals surface area contributed by atoms with Crippen LogP contribution in [0.3, 0.4) is 0 Å². The molecule has 62 valence electrons. The van der Waals surface area contributed by atoms with E-state index in [-0.39, 0.29) is 0 Å². The van der Waals surface area contributed by atoms with Crippen LogP contribution in [0.25, 0.3) is 0 Å². The van der Waals surface area contributed by atoms with E-state index < -0.39 is 0 Å². The largest absolute Gasteiger partial charge is 0.495 e. The fraction of sp³-hybridized carbons (Fsp3) is 0.222. The van der Waals surface area contributed by atoms with Gasteiger partial charge in [0, 0.05) is 5.02 Å². The lowest BCUT2D eigenvalue weighted by Crippen LogP contribution is -1.91. The van der Waals surface area contributed by atoms with Crippen LogP contribution in [0.5, 0.6) is 5.75 Å². The van der Waals surface area contributed by atoms with Gasteiger partial charge in [0.25, 0.3) is 0 Å². The maximum atomic E-state index is 8.71.